The smallest absolute Gasteiger partial charge is 0.119 e. The van der Waals surface area contributed by atoms with E-state index < -0.39 is 0 Å². The highest BCUT2D eigenvalue weighted by atomic mass is 16.6. The molecule has 3 aromatic rings. The second kappa shape index (κ2) is 8.25. The topological polar surface area (TPSA) is 43.8 Å². The van der Waals surface area contributed by atoms with Crippen molar-refractivity contribution >= 4 is 16.6 Å². The third-order valence-electron chi connectivity index (χ3n) is 6.32. The first-order chi connectivity index (χ1) is 14.7. The van der Waals surface area contributed by atoms with Crippen molar-refractivity contribution < 1.29 is 14.2 Å². The molecule has 1 aromatic heterocycles. The Morgan fingerprint density at radius 3 is 2.80 bits per heavy atom. The van der Waals surface area contributed by atoms with Gasteiger partial charge in [0.1, 0.15) is 11.9 Å². The van der Waals surface area contributed by atoms with Crippen molar-refractivity contribution in [1.29, 1.82) is 0 Å². The first kappa shape index (κ1) is 19.3. The van der Waals surface area contributed by atoms with E-state index in [2.05, 4.69) is 54.3 Å². The number of hydrogen-bond donors (Lipinski definition) is 0. The highest BCUT2D eigenvalue weighted by molar-refractivity contribution is 5.96. The van der Waals surface area contributed by atoms with Gasteiger partial charge in [-0.25, -0.2) is 0 Å². The van der Waals surface area contributed by atoms with Crippen molar-refractivity contribution in [3.05, 3.63) is 65.4 Å². The Labute approximate surface area is 177 Å². The van der Waals surface area contributed by atoms with Crippen LogP contribution in [0.4, 0.5) is 5.69 Å². The van der Waals surface area contributed by atoms with Gasteiger partial charge in [-0.05, 0) is 49.1 Å². The van der Waals surface area contributed by atoms with Gasteiger partial charge in [0.05, 0.1) is 44.2 Å². The molecule has 0 bridgehead atoms. The molecule has 5 heteroatoms. The first-order valence-electron chi connectivity index (χ1n) is 10.7. The van der Waals surface area contributed by atoms with Gasteiger partial charge < -0.3 is 19.1 Å². The van der Waals surface area contributed by atoms with E-state index >= 15 is 0 Å². The molecule has 156 valence electrons. The lowest BCUT2D eigenvalue weighted by Crippen LogP contribution is -2.50. The molecule has 2 aliphatic heterocycles. The Balaban J connectivity index is 1.61. The van der Waals surface area contributed by atoms with Crippen LogP contribution >= 0.6 is 0 Å². The van der Waals surface area contributed by atoms with E-state index in [1.54, 1.807) is 7.11 Å². The predicted octanol–water partition coefficient (Wildman–Crippen LogP) is 3.94. The van der Waals surface area contributed by atoms with Crippen LogP contribution in [0.1, 0.15) is 16.8 Å². The summed E-state index contributed by atoms with van der Waals surface area (Å²) in [7, 11) is 1.71. The minimum atomic E-state index is 0.0408. The zero-order chi connectivity index (χ0) is 20.5. The van der Waals surface area contributed by atoms with Crippen LogP contribution in [0.3, 0.4) is 0 Å². The zero-order valence-corrected chi connectivity index (χ0v) is 17.6. The molecule has 2 aromatic carbocycles. The number of aryl methyl sites for hydroxylation is 1. The average Bonchev–Trinajstić information content (AvgIpc) is 3.24. The fraction of sp³-hybridized carbons (Fsp3) is 0.400. The lowest BCUT2D eigenvalue weighted by atomic mass is 9.98. The molecule has 0 spiro atoms. The van der Waals surface area contributed by atoms with Gasteiger partial charge in [0.2, 0.25) is 0 Å². The molecule has 0 aliphatic carbocycles. The number of rotatable bonds is 5. The van der Waals surface area contributed by atoms with Crippen molar-refractivity contribution in [2.75, 3.05) is 38.4 Å². The normalized spacial score (nSPS) is 19.7. The largest absolute Gasteiger partial charge is 0.497 e. The lowest BCUT2D eigenvalue weighted by molar-refractivity contribution is -0.0974. The van der Waals surface area contributed by atoms with Crippen LogP contribution in [0.15, 0.2) is 48.5 Å². The van der Waals surface area contributed by atoms with Crippen LogP contribution in [0.25, 0.3) is 10.9 Å². The third-order valence-corrected chi connectivity index (χ3v) is 6.32. The molecule has 0 N–H and O–H groups in total. The van der Waals surface area contributed by atoms with E-state index in [-0.39, 0.29) is 12.1 Å². The van der Waals surface area contributed by atoms with E-state index in [1.165, 1.54) is 16.8 Å². The maximum Gasteiger partial charge on any atom is 0.119 e. The quantitative estimate of drug-likeness (QED) is 0.644. The molecule has 5 nitrogen and oxygen atoms in total. The van der Waals surface area contributed by atoms with E-state index in [0.29, 0.717) is 19.8 Å². The lowest BCUT2D eigenvalue weighted by Gasteiger charge is -2.38. The summed E-state index contributed by atoms with van der Waals surface area (Å²) in [6.45, 7) is 5.05. The number of benzene rings is 2. The first-order valence-corrected chi connectivity index (χ1v) is 10.7. The third kappa shape index (κ3) is 3.53. The Morgan fingerprint density at radius 1 is 1.17 bits per heavy atom. The number of aromatic nitrogens is 1. The number of pyridine rings is 1. The minimum Gasteiger partial charge on any atom is -0.497 e. The Bertz CT molecular complexity index is 1030. The number of methoxy groups -OCH3 is 1. The van der Waals surface area contributed by atoms with E-state index in [1.807, 2.05) is 6.07 Å². The van der Waals surface area contributed by atoms with Gasteiger partial charge >= 0.3 is 0 Å². The number of hydrogen-bond acceptors (Lipinski definition) is 5. The van der Waals surface area contributed by atoms with Gasteiger partial charge in [0.15, 0.2) is 0 Å². The van der Waals surface area contributed by atoms with E-state index in [4.69, 9.17) is 19.2 Å². The van der Waals surface area contributed by atoms with Crippen molar-refractivity contribution in [2.24, 2.45) is 0 Å². The minimum absolute atomic E-state index is 0.0408. The number of anilines is 1. The molecule has 3 heterocycles. The number of fused-ring (bicyclic) bond motifs is 3. The molecule has 0 saturated carbocycles. The second-order valence-corrected chi connectivity index (χ2v) is 8.09. The van der Waals surface area contributed by atoms with Crippen LogP contribution in [0.5, 0.6) is 5.75 Å². The molecule has 5 rings (SSSR count). The van der Waals surface area contributed by atoms with Gasteiger partial charge in [-0.2, -0.15) is 0 Å². The van der Waals surface area contributed by atoms with Crippen molar-refractivity contribution in [3.63, 3.8) is 0 Å². The van der Waals surface area contributed by atoms with Crippen LogP contribution in [0.2, 0.25) is 0 Å². The molecule has 0 radical (unpaired) electrons. The summed E-state index contributed by atoms with van der Waals surface area (Å²) in [5.74, 6) is 0.860. The maximum absolute atomic E-state index is 6.22. The average molecular weight is 405 g/mol. The van der Waals surface area contributed by atoms with Crippen LogP contribution in [0, 0.1) is 6.92 Å². The Kier molecular flexibility index (Phi) is 5.32. The fourth-order valence-electron chi connectivity index (χ4n) is 4.84. The van der Waals surface area contributed by atoms with Gasteiger partial charge in [0, 0.05) is 17.6 Å². The van der Waals surface area contributed by atoms with Crippen molar-refractivity contribution in [2.45, 2.75) is 31.9 Å². The summed E-state index contributed by atoms with van der Waals surface area (Å²) in [5.41, 5.74) is 6.07. The summed E-state index contributed by atoms with van der Waals surface area (Å²) in [5, 5.41) is 1.15. The number of ether oxygens (including phenoxy) is 3. The highest BCUT2D eigenvalue weighted by Gasteiger charge is 2.36. The fourth-order valence-corrected chi connectivity index (χ4v) is 4.84. The molecule has 0 amide bonds. The summed E-state index contributed by atoms with van der Waals surface area (Å²) in [4.78, 5) is 7.41. The second-order valence-electron chi connectivity index (χ2n) is 8.09. The molecule has 30 heavy (non-hydrogen) atoms. The number of nitrogens with zero attached hydrogens (tertiary/aromatic N) is 2. The molecular weight excluding hydrogens is 376 g/mol. The summed E-state index contributed by atoms with van der Waals surface area (Å²) < 4.78 is 17.6. The molecular formula is C25H28N2O3. The molecule has 2 atom stereocenters. The van der Waals surface area contributed by atoms with Gasteiger partial charge in [-0.1, -0.05) is 30.3 Å². The van der Waals surface area contributed by atoms with Crippen molar-refractivity contribution in [1.82, 2.24) is 4.98 Å². The van der Waals surface area contributed by atoms with Gasteiger partial charge in [-0.15, -0.1) is 0 Å². The summed E-state index contributed by atoms with van der Waals surface area (Å²) in [6, 6.07) is 17.1. The Hall–Kier alpha value is -2.63. The van der Waals surface area contributed by atoms with Gasteiger partial charge in [0.25, 0.3) is 0 Å². The predicted molar refractivity (Wildman–Crippen MR) is 119 cm³/mol. The molecule has 2 aliphatic rings. The SMILES string of the molecule is COc1ccc2nc(C)c3c(c2c1)N(C(Cc1ccccc1)C1COCCO1)CC3. The monoisotopic (exact) mass is 404 g/mol. The van der Waals surface area contributed by atoms with Gasteiger partial charge in [-0.3, -0.25) is 4.98 Å². The zero-order valence-electron chi connectivity index (χ0n) is 17.6. The maximum atomic E-state index is 6.22. The van der Waals surface area contributed by atoms with E-state index in [0.717, 1.165) is 41.7 Å². The van der Waals surface area contributed by atoms with E-state index in [9.17, 15) is 0 Å². The van der Waals surface area contributed by atoms with Crippen LogP contribution in [-0.4, -0.2) is 50.6 Å². The van der Waals surface area contributed by atoms with Crippen molar-refractivity contribution in [3.8, 4) is 5.75 Å². The van der Waals surface area contributed by atoms with Crippen LogP contribution < -0.4 is 9.64 Å². The molecule has 1 saturated heterocycles. The Morgan fingerprint density at radius 2 is 2.03 bits per heavy atom. The molecule has 1 fully saturated rings. The highest BCUT2D eigenvalue weighted by Crippen LogP contribution is 2.40. The van der Waals surface area contributed by atoms with Crippen LogP contribution in [-0.2, 0) is 22.3 Å². The summed E-state index contributed by atoms with van der Waals surface area (Å²) in [6.07, 6.45) is 1.96. The standard InChI is InChI=1S/C25H28N2O3/c1-17-20-10-11-27(25(20)21-15-19(28-2)8-9-22(21)26-17)23(24-16-29-12-13-30-24)14-18-6-4-3-5-7-18/h3-9,15,23-24H,10-14,16H2,1-2H3. The molecule has 2 unspecified atom stereocenters. The summed E-state index contributed by atoms with van der Waals surface area (Å²) >= 11 is 0.